The van der Waals surface area contributed by atoms with Gasteiger partial charge >= 0.3 is 12.1 Å². The first-order valence-electron chi connectivity index (χ1n) is 11.4. The number of carboxylic acids is 1. The van der Waals surface area contributed by atoms with Crippen molar-refractivity contribution in [2.24, 2.45) is 5.41 Å². The first-order valence-corrected chi connectivity index (χ1v) is 11.4. The van der Waals surface area contributed by atoms with Gasteiger partial charge in [0.25, 0.3) is 0 Å². The van der Waals surface area contributed by atoms with Crippen LogP contribution in [-0.2, 0) is 14.3 Å². The van der Waals surface area contributed by atoms with E-state index in [0.717, 1.165) is 17.5 Å². The van der Waals surface area contributed by atoms with E-state index in [2.05, 4.69) is 29.6 Å². The van der Waals surface area contributed by atoms with E-state index in [1.807, 2.05) is 31.2 Å². The Morgan fingerprint density at radius 2 is 1.67 bits per heavy atom. The first-order chi connectivity index (χ1) is 15.8. The molecule has 1 fully saturated rings. The Labute approximate surface area is 193 Å². The molecule has 0 aromatic heterocycles. The molecule has 2 N–H and O–H groups in total. The Kier molecular flexibility index (Phi) is 6.40. The van der Waals surface area contributed by atoms with Gasteiger partial charge in [-0.3, -0.25) is 9.59 Å². The summed E-state index contributed by atoms with van der Waals surface area (Å²) in [4.78, 5) is 38.0. The third-order valence-electron chi connectivity index (χ3n) is 6.67. The van der Waals surface area contributed by atoms with Crippen LogP contribution in [0.5, 0.6) is 0 Å². The molecule has 2 amide bonds. The highest BCUT2D eigenvalue weighted by atomic mass is 16.5. The Morgan fingerprint density at radius 3 is 2.21 bits per heavy atom. The summed E-state index contributed by atoms with van der Waals surface area (Å²) in [5, 5.41) is 12.1. The monoisotopic (exact) mass is 450 g/mol. The average molecular weight is 451 g/mol. The molecule has 2 aliphatic rings. The number of ether oxygens (including phenoxy) is 1. The molecule has 1 atom stereocenters. The number of carboxylic acid groups (broad SMARTS) is 1. The van der Waals surface area contributed by atoms with Gasteiger partial charge in [-0.1, -0.05) is 61.9 Å². The van der Waals surface area contributed by atoms with Gasteiger partial charge in [0.05, 0.1) is 5.41 Å². The quantitative estimate of drug-likeness (QED) is 0.633. The number of amides is 2. The van der Waals surface area contributed by atoms with Crippen molar-refractivity contribution in [2.45, 2.75) is 45.1 Å². The van der Waals surface area contributed by atoms with Crippen molar-refractivity contribution in [2.75, 3.05) is 19.7 Å². The molecule has 1 heterocycles. The maximum atomic E-state index is 12.6. The molecule has 7 heteroatoms. The van der Waals surface area contributed by atoms with Gasteiger partial charge in [0.15, 0.2) is 0 Å². The van der Waals surface area contributed by atoms with E-state index in [1.54, 1.807) is 6.92 Å². The van der Waals surface area contributed by atoms with E-state index in [9.17, 15) is 19.5 Å². The molecule has 0 saturated carbocycles. The van der Waals surface area contributed by atoms with Crippen LogP contribution < -0.4 is 5.32 Å². The van der Waals surface area contributed by atoms with Crippen LogP contribution in [0.3, 0.4) is 0 Å². The number of fused-ring (bicyclic) bond motifs is 3. The van der Waals surface area contributed by atoms with Crippen molar-refractivity contribution in [3.63, 3.8) is 0 Å². The summed E-state index contributed by atoms with van der Waals surface area (Å²) in [6, 6.07) is 16.0. The molecule has 2 aromatic rings. The second-order valence-corrected chi connectivity index (χ2v) is 9.28. The first kappa shape index (κ1) is 22.8. The Hall–Kier alpha value is -3.35. The molecule has 1 aliphatic heterocycles. The summed E-state index contributed by atoms with van der Waals surface area (Å²) in [5.41, 5.74) is 3.74. The van der Waals surface area contributed by atoms with Gasteiger partial charge in [-0.15, -0.1) is 0 Å². The van der Waals surface area contributed by atoms with E-state index in [1.165, 1.54) is 16.0 Å². The molecule has 1 aliphatic carbocycles. The maximum Gasteiger partial charge on any atom is 0.407 e. The molecule has 7 nitrogen and oxygen atoms in total. The smallest absolute Gasteiger partial charge is 0.407 e. The molecule has 0 bridgehead atoms. The minimum absolute atomic E-state index is 0.0239. The Balaban J connectivity index is 1.34. The van der Waals surface area contributed by atoms with E-state index >= 15 is 0 Å². The highest BCUT2D eigenvalue weighted by Gasteiger charge is 2.47. The number of nitrogens with zero attached hydrogens (tertiary/aromatic N) is 1. The number of aliphatic carboxylic acids is 1. The fourth-order valence-corrected chi connectivity index (χ4v) is 4.83. The largest absolute Gasteiger partial charge is 0.481 e. The standard InChI is InChI=1S/C26H30N2O5/c1-3-8-17(13-23(29)28-15-26(2,16-28)24(30)31)27-25(32)33-14-22-20-11-6-4-9-18(20)19-10-5-7-12-21(19)22/h4-7,9-12,17,22H,3,8,13-16H2,1-2H3,(H,27,32)(H,30,31)/t17-/m0/s1. The van der Waals surface area contributed by atoms with Crippen LogP contribution in [-0.4, -0.2) is 53.7 Å². The molecular weight excluding hydrogens is 420 g/mol. The van der Waals surface area contributed by atoms with Crippen LogP contribution >= 0.6 is 0 Å². The predicted octanol–water partition coefficient (Wildman–Crippen LogP) is 4.02. The fraction of sp³-hybridized carbons (Fsp3) is 0.423. The lowest BCUT2D eigenvalue weighted by Gasteiger charge is -2.45. The number of likely N-dealkylation sites (tertiary alicyclic amines) is 1. The topological polar surface area (TPSA) is 95.9 Å². The number of hydrogen-bond acceptors (Lipinski definition) is 4. The third kappa shape index (κ3) is 4.58. The summed E-state index contributed by atoms with van der Waals surface area (Å²) >= 11 is 0. The van der Waals surface area contributed by atoms with Crippen LogP contribution in [0, 0.1) is 5.41 Å². The lowest BCUT2D eigenvalue weighted by atomic mass is 9.81. The minimum Gasteiger partial charge on any atom is -0.481 e. The van der Waals surface area contributed by atoms with Crippen LogP contribution in [0.2, 0.25) is 0 Å². The third-order valence-corrected chi connectivity index (χ3v) is 6.67. The Bertz CT molecular complexity index is 1010. The SMILES string of the molecule is CCC[C@@H](CC(=O)N1CC(C)(C(=O)O)C1)NC(=O)OCC1c2ccccc2-c2ccccc21. The Morgan fingerprint density at radius 1 is 1.09 bits per heavy atom. The molecule has 0 radical (unpaired) electrons. The van der Waals surface area contributed by atoms with Crippen molar-refractivity contribution in [3.8, 4) is 11.1 Å². The van der Waals surface area contributed by atoms with Gasteiger partial charge in [-0.05, 0) is 35.6 Å². The second-order valence-electron chi connectivity index (χ2n) is 9.28. The molecule has 1 saturated heterocycles. The highest BCUT2D eigenvalue weighted by molar-refractivity contribution is 5.84. The van der Waals surface area contributed by atoms with Crippen LogP contribution in [0.25, 0.3) is 11.1 Å². The molecule has 33 heavy (non-hydrogen) atoms. The lowest BCUT2D eigenvalue weighted by molar-refractivity contribution is -0.164. The van der Waals surface area contributed by atoms with Gasteiger partial charge in [0.2, 0.25) is 5.91 Å². The lowest BCUT2D eigenvalue weighted by Crippen LogP contribution is -2.61. The van der Waals surface area contributed by atoms with Crippen LogP contribution in [0.1, 0.15) is 50.2 Å². The van der Waals surface area contributed by atoms with Crippen molar-refractivity contribution >= 4 is 18.0 Å². The summed E-state index contributed by atoms with van der Waals surface area (Å²) in [6.45, 7) is 4.24. The van der Waals surface area contributed by atoms with Crippen LogP contribution in [0.15, 0.2) is 48.5 Å². The van der Waals surface area contributed by atoms with Gasteiger partial charge in [0, 0.05) is 31.5 Å². The molecule has 4 rings (SSSR count). The molecule has 174 valence electrons. The summed E-state index contributed by atoms with van der Waals surface area (Å²) in [5.74, 6) is -1.07. The fourth-order valence-electron chi connectivity index (χ4n) is 4.83. The number of carbonyl (C=O) groups excluding carboxylic acids is 2. The molecule has 2 aromatic carbocycles. The molecule has 0 unspecified atom stereocenters. The number of hydrogen-bond donors (Lipinski definition) is 2. The number of benzene rings is 2. The highest BCUT2D eigenvalue weighted by Crippen LogP contribution is 2.44. The minimum atomic E-state index is -0.895. The zero-order valence-electron chi connectivity index (χ0n) is 19.0. The summed E-state index contributed by atoms with van der Waals surface area (Å²) in [6.07, 6.45) is 1.03. The van der Waals surface area contributed by atoms with Gasteiger partial charge < -0.3 is 20.1 Å². The zero-order valence-corrected chi connectivity index (χ0v) is 19.0. The van der Waals surface area contributed by atoms with Gasteiger partial charge in [-0.2, -0.15) is 0 Å². The molecular formula is C26H30N2O5. The van der Waals surface area contributed by atoms with Gasteiger partial charge in [-0.25, -0.2) is 4.79 Å². The van der Waals surface area contributed by atoms with Crippen molar-refractivity contribution in [1.82, 2.24) is 10.2 Å². The van der Waals surface area contributed by atoms with Crippen molar-refractivity contribution in [3.05, 3.63) is 59.7 Å². The van der Waals surface area contributed by atoms with E-state index in [4.69, 9.17) is 4.74 Å². The number of alkyl carbamates (subject to hydrolysis) is 1. The number of rotatable bonds is 8. The summed E-state index contributed by atoms with van der Waals surface area (Å²) in [7, 11) is 0. The summed E-state index contributed by atoms with van der Waals surface area (Å²) < 4.78 is 5.61. The normalized spacial score (nSPS) is 16.8. The van der Waals surface area contributed by atoms with Crippen LogP contribution in [0.4, 0.5) is 4.79 Å². The van der Waals surface area contributed by atoms with Gasteiger partial charge in [0.1, 0.15) is 6.61 Å². The number of nitrogens with one attached hydrogen (secondary N) is 1. The van der Waals surface area contributed by atoms with Crippen molar-refractivity contribution in [1.29, 1.82) is 0 Å². The maximum absolute atomic E-state index is 12.6. The molecule has 0 spiro atoms. The van der Waals surface area contributed by atoms with Crippen molar-refractivity contribution < 1.29 is 24.2 Å². The zero-order chi connectivity index (χ0) is 23.6. The second kappa shape index (κ2) is 9.25. The number of carbonyl (C=O) groups is 3. The predicted molar refractivity (Wildman–Crippen MR) is 124 cm³/mol. The van der Waals surface area contributed by atoms with E-state index in [0.29, 0.717) is 6.42 Å². The average Bonchev–Trinajstić information content (AvgIpc) is 3.09. The van der Waals surface area contributed by atoms with E-state index in [-0.39, 0.29) is 44.0 Å². The van der Waals surface area contributed by atoms with E-state index < -0.39 is 17.5 Å².